The molecule has 1 rings (SSSR count). The zero-order valence-electron chi connectivity index (χ0n) is 10.1. The standard InChI is InChI=1S/C12H22O4/c1-8(2)4-3-5-11(14)10-6-9(7-13)16-12(10)15/h8-11,13-14H,3-7H2,1-2H3/t9-,10+,11+/m1/s1. The molecule has 0 amide bonds. The zero-order chi connectivity index (χ0) is 12.1. The summed E-state index contributed by atoms with van der Waals surface area (Å²) < 4.78 is 4.92. The van der Waals surface area contributed by atoms with E-state index in [9.17, 15) is 9.90 Å². The highest BCUT2D eigenvalue weighted by Gasteiger charge is 2.38. The van der Waals surface area contributed by atoms with Crippen LogP contribution in [0.25, 0.3) is 0 Å². The number of esters is 1. The lowest BCUT2D eigenvalue weighted by molar-refractivity contribution is -0.147. The van der Waals surface area contributed by atoms with Crippen LogP contribution in [-0.4, -0.2) is 35.0 Å². The highest BCUT2D eigenvalue weighted by atomic mass is 16.6. The number of carbonyl (C=O) groups is 1. The Morgan fingerprint density at radius 1 is 1.44 bits per heavy atom. The molecule has 0 aromatic rings. The summed E-state index contributed by atoms with van der Waals surface area (Å²) >= 11 is 0. The maximum absolute atomic E-state index is 11.4. The van der Waals surface area contributed by atoms with Gasteiger partial charge in [0.2, 0.25) is 0 Å². The molecule has 0 aromatic carbocycles. The molecule has 3 atom stereocenters. The predicted octanol–water partition coefficient (Wildman–Crippen LogP) is 1.10. The van der Waals surface area contributed by atoms with Crippen molar-refractivity contribution in [3.63, 3.8) is 0 Å². The van der Waals surface area contributed by atoms with Crippen molar-refractivity contribution < 1.29 is 19.7 Å². The van der Waals surface area contributed by atoms with Crippen LogP contribution in [0.4, 0.5) is 0 Å². The largest absolute Gasteiger partial charge is 0.460 e. The first-order valence-electron chi connectivity index (χ1n) is 6.04. The second-order valence-electron chi connectivity index (χ2n) is 4.98. The lowest BCUT2D eigenvalue weighted by Gasteiger charge is -2.14. The second-order valence-corrected chi connectivity index (χ2v) is 4.98. The van der Waals surface area contributed by atoms with Crippen molar-refractivity contribution in [2.24, 2.45) is 11.8 Å². The number of aliphatic hydroxyl groups excluding tert-OH is 2. The van der Waals surface area contributed by atoms with Crippen molar-refractivity contribution in [2.75, 3.05) is 6.61 Å². The van der Waals surface area contributed by atoms with E-state index in [0.717, 1.165) is 12.8 Å². The molecule has 1 aliphatic heterocycles. The van der Waals surface area contributed by atoms with Gasteiger partial charge in [-0.3, -0.25) is 4.79 Å². The lowest BCUT2D eigenvalue weighted by atomic mass is 9.93. The van der Waals surface area contributed by atoms with E-state index in [0.29, 0.717) is 18.8 Å². The summed E-state index contributed by atoms with van der Waals surface area (Å²) in [5, 5.41) is 18.7. The van der Waals surface area contributed by atoms with Crippen LogP contribution < -0.4 is 0 Å². The Morgan fingerprint density at radius 3 is 2.62 bits per heavy atom. The Balaban J connectivity index is 2.31. The SMILES string of the molecule is CC(C)CCC[C@H](O)[C@@H]1C[C@H](CO)OC1=O. The predicted molar refractivity (Wildman–Crippen MR) is 59.8 cm³/mol. The third-order valence-electron chi connectivity index (χ3n) is 3.05. The van der Waals surface area contributed by atoms with E-state index in [1.54, 1.807) is 0 Å². The van der Waals surface area contributed by atoms with Gasteiger partial charge in [0.25, 0.3) is 0 Å². The minimum absolute atomic E-state index is 0.152. The fraction of sp³-hybridized carbons (Fsp3) is 0.917. The van der Waals surface area contributed by atoms with E-state index in [-0.39, 0.29) is 12.6 Å². The number of ether oxygens (including phenoxy) is 1. The Morgan fingerprint density at radius 2 is 2.12 bits per heavy atom. The third kappa shape index (κ3) is 3.76. The molecule has 0 spiro atoms. The number of cyclic esters (lactones) is 1. The minimum Gasteiger partial charge on any atom is -0.460 e. The Kier molecular flexibility index (Phi) is 5.22. The van der Waals surface area contributed by atoms with Gasteiger partial charge in [-0.1, -0.05) is 26.7 Å². The summed E-state index contributed by atoms with van der Waals surface area (Å²) in [5.41, 5.74) is 0. The van der Waals surface area contributed by atoms with Gasteiger partial charge in [-0.25, -0.2) is 0 Å². The van der Waals surface area contributed by atoms with Gasteiger partial charge in [-0.15, -0.1) is 0 Å². The van der Waals surface area contributed by atoms with Crippen molar-refractivity contribution in [2.45, 2.75) is 51.7 Å². The van der Waals surface area contributed by atoms with E-state index in [1.807, 2.05) is 0 Å². The minimum atomic E-state index is -0.622. The van der Waals surface area contributed by atoms with Crippen LogP contribution in [0.2, 0.25) is 0 Å². The molecule has 0 saturated carbocycles. The highest BCUT2D eigenvalue weighted by molar-refractivity contribution is 5.75. The number of hydrogen-bond acceptors (Lipinski definition) is 4. The van der Waals surface area contributed by atoms with Crippen LogP contribution in [0.3, 0.4) is 0 Å². The number of rotatable bonds is 6. The quantitative estimate of drug-likeness (QED) is 0.670. The van der Waals surface area contributed by atoms with E-state index in [4.69, 9.17) is 9.84 Å². The highest BCUT2D eigenvalue weighted by Crippen LogP contribution is 2.26. The van der Waals surface area contributed by atoms with Crippen molar-refractivity contribution in [1.29, 1.82) is 0 Å². The topological polar surface area (TPSA) is 66.8 Å². The molecule has 1 aliphatic rings. The Bertz CT molecular complexity index is 227. The summed E-state index contributed by atoms with van der Waals surface area (Å²) in [5.74, 6) is -0.187. The van der Waals surface area contributed by atoms with Gasteiger partial charge >= 0.3 is 5.97 Å². The van der Waals surface area contributed by atoms with Crippen LogP contribution in [0.5, 0.6) is 0 Å². The van der Waals surface area contributed by atoms with Gasteiger partial charge in [0, 0.05) is 6.42 Å². The molecular formula is C12H22O4. The number of aliphatic hydroxyl groups is 2. The van der Waals surface area contributed by atoms with Crippen molar-refractivity contribution >= 4 is 5.97 Å². The average molecular weight is 230 g/mol. The van der Waals surface area contributed by atoms with Gasteiger partial charge in [0.1, 0.15) is 6.10 Å². The summed E-state index contributed by atoms with van der Waals surface area (Å²) in [6.07, 6.45) is 2.02. The molecule has 0 bridgehead atoms. The van der Waals surface area contributed by atoms with E-state index >= 15 is 0 Å². The molecule has 4 heteroatoms. The van der Waals surface area contributed by atoms with Crippen molar-refractivity contribution in [3.8, 4) is 0 Å². The lowest BCUT2D eigenvalue weighted by Crippen LogP contribution is -2.24. The molecule has 2 N–H and O–H groups in total. The molecule has 0 radical (unpaired) electrons. The van der Waals surface area contributed by atoms with Crippen molar-refractivity contribution in [3.05, 3.63) is 0 Å². The van der Waals surface area contributed by atoms with Crippen LogP contribution >= 0.6 is 0 Å². The van der Waals surface area contributed by atoms with Gasteiger partial charge in [0.15, 0.2) is 0 Å². The molecule has 94 valence electrons. The molecule has 1 saturated heterocycles. The number of carbonyl (C=O) groups excluding carboxylic acids is 1. The molecule has 1 heterocycles. The molecule has 16 heavy (non-hydrogen) atoms. The Labute approximate surface area is 96.6 Å². The summed E-state index contributed by atoms with van der Waals surface area (Å²) in [4.78, 5) is 11.4. The molecule has 0 unspecified atom stereocenters. The molecular weight excluding hydrogens is 208 g/mol. The molecule has 0 aromatic heterocycles. The molecule has 0 aliphatic carbocycles. The third-order valence-corrected chi connectivity index (χ3v) is 3.05. The van der Waals surface area contributed by atoms with Gasteiger partial charge in [-0.05, 0) is 12.3 Å². The van der Waals surface area contributed by atoms with Crippen LogP contribution in [-0.2, 0) is 9.53 Å². The first-order valence-corrected chi connectivity index (χ1v) is 6.04. The second kappa shape index (κ2) is 6.21. The van der Waals surface area contributed by atoms with Gasteiger partial charge in [-0.2, -0.15) is 0 Å². The van der Waals surface area contributed by atoms with E-state index in [1.165, 1.54) is 0 Å². The first-order chi connectivity index (χ1) is 7.54. The van der Waals surface area contributed by atoms with E-state index in [2.05, 4.69) is 13.8 Å². The van der Waals surface area contributed by atoms with E-state index < -0.39 is 18.1 Å². The molecule has 1 fully saturated rings. The fourth-order valence-electron chi connectivity index (χ4n) is 2.04. The summed E-state index contributed by atoms with van der Waals surface area (Å²) in [7, 11) is 0. The van der Waals surface area contributed by atoms with Crippen molar-refractivity contribution in [1.82, 2.24) is 0 Å². The zero-order valence-corrected chi connectivity index (χ0v) is 10.1. The first kappa shape index (κ1) is 13.5. The van der Waals surface area contributed by atoms with Crippen LogP contribution in [0.1, 0.15) is 39.5 Å². The number of hydrogen-bond donors (Lipinski definition) is 2. The van der Waals surface area contributed by atoms with Gasteiger partial charge < -0.3 is 14.9 Å². The maximum Gasteiger partial charge on any atom is 0.312 e. The fourth-order valence-corrected chi connectivity index (χ4v) is 2.04. The van der Waals surface area contributed by atoms with Crippen LogP contribution in [0, 0.1) is 11.8 Å². The van der Waals surface area contributed by atoms with Gasteiger partial charge in [0.05, 0.1) is 18.6 Å². The maximum atomic E-state index is 11.4. The average Bonchev–Trinajstić information content (AvgIpc) is 2.59. The summed E-state index contributed by atoms with van der Waals surface area (Å²) in [6, 6.07) is 0. The normalized spacial score (nSPS) is 27.2. The monoisotopic (exact) mass is 230 g/mol. The van der Waals surface area contributed by atoms with Crippen LogP contribution in [0.15, 0.2) is 0 Å². The summed E-state index contributed by atoms with van der Waals surface area (Å²) in [6.45, 7) is 4.12. The molecule has 4 nitrogen and oxygen atoms in total. The Hall–Kier alpha value is -0.610. The smallest absolute Gasteiger partial charge is 0.312 e.